The summed E-state index contributed by atoms with van der Waals surface area (Å²) in [6, 6.07) is 4.30. The number of benzene rings is 1. The van der Waals surface area contributed by atoms with Crippen molar-refractivity contribution in [3.63, 3.8) is 0 Å². The van der Waals surface area contributed by atoms with E-state index in [0.717, 1.165) is 18.2 Å². The molecule has 1 N–H and O–H groups in total. The van der Waals surface area contributed by atoms with E-state index >= 15 is 0 Å². The second-order valence-electron chi connectivity index (χ2n) is 3.89. The molecule has 2 aromatic rings. The van der Waals surface area contributed by atoms with E-state index in [2.05, 4.69) is 0 Å². The first kappa shape index (κ1) is 13.1. The van der Waals surface area contributed by atoms with Crippen molar-refractivity contribution in [3.05, 3.63) is 53.0 Å². The Morgan fingerprint density at radius 3 is 2.74 bits per heavy atom. The Labute approximate surface area is 107 Å². The number of carboxylic acids is 1. The molecule has 0 spiro atoms. The molecule has 0 unspecified atom stereocenters. The van der Waals surface area contributed by atoms with Crippen molar-refractivity contribution in [1.82, 2.24) is 0 Å². The fourth-order valence-corrected chi connectivity index (χ4v) is 1.57. The highest BCUT2D eigenvalue weighted by atomic mass is 19.1. The van der Waals surface area contributed by atoms with E-state index in [4.69, 9.17) is 14.3 Å². The van der Waals surface area contributed by atoms with Crippen molar-refractivity contribution >= 4 is 5.97 Å². The van der Waals surface area contributed by atoms with Gasteiger partial charge in [0.25, 0.3) is 0 Å². The molecule has 0 atom stereocenters. The minimum absolute atomic E-state index is 0.186. The maximum atomic E-state index is 13.3. The topological polar surface area (TPSA) is 59.7 Å². The minimum atomic E-state index is -1.19. The minimum Gasteiger partial charge on any atom is -0.482 e. The van der Waals surface area contributed by atoms with Crippen LogP contribution in [-0.4, -0.2) is 11.1 Å². The third kappa shape index (κ3) is 2.90. The smallest absolute Gasteiger partial charge is 0.372 e. The van der Waals surface area contributed by atoms with Crippen LogP contribution in [-0.2, 0) is 6.61 Å². The molecule has 0 fully saturated rings. The second-order valence-corrected chi connectivity index (χ2v) is 3.89. The van der Waals surface area contributed by atoms with Gasteiger partial charge >= 0.3 is 5.97 Å². The molecule has 0 aliphatic heterocycles. The first-order valence-corrected chi connectivity index (χ1v) is 5.38. The Bertz CT molecular complexity index is 619. The zero-order valence-electron chi connectivity index (χ0n) is 9.94. The van der Waals surface area contributed by atoms with Crippen molar-refractivity contribution in [2.24, 2.45) is 0 Å². The van der Waals surface area contributed by atoms with Crippen LogP contribution in [0.15, 0.2) is 28.7 Å². The summed E-state index contributed by atoms with van der Waals surface area (Å²) in [5, 5.41) is 8.80. The SMILES string of the molecule is Cc1cc(COc2cc(F)ccc2F)oc1C(=O)O. The number of halogens is 2. The van der Waals surface area contributed by atoms with Crippen LogP contribution >= 0.6 is 0 Å². The molecular weight excluding hydrogens is 258 g/mol. The molecule has 1 aromatic heterocycles. The van der Waals surface area contributed by atoms with Crippen LogP contribution < -0.4 is 4.74 Å². The fourth-order valence-electron chi connectivity index (χ4n) is 1.57. The van der Waals surface area contributed by atoms with E-state index in [-0.39, 0.29) is 23.9 Å². The van der Waals surface area contributed by atoms with Gasteiger partial charge in [-0.25, -0.2) is 13.6 Å². The summed E-state index contributed by atoms with van der Waals surface area (Å²) < 4.78 is 36.2. The molecule has 6 heteroatoms. The largest absolute Gasteiger partial charge is 0.482 e. The maximum Gasteiger partial charge on any atom is 0.372 e. The van der Waals surface area contributed by atoms with Gasteiger partial charge in [-0.05, 0) is 25.1 Å². The molecule has 1 heterocycles. The standard InChI is InChI=1S/C13H10F2O4/c1-7-4-9(19-12(7)13(16)17)6-18-11-5-8(14)2-3-10(11)15/h2-5H,6H2,1H3,(H,16,17). The number of carboxylic acid groups (broad SMARTS) is 1. The summed E-state index contributed by atoms with van der Waals surface area (Å²) in [6.07, 6.45) is 0. The average Bonchev–Trinajstić information content (AvgIpc) is 2.72. The molecule has 0 aliphatic rings. The van der Waals surface area contributed by atoms with E-state index in [0.29, 0.717) is 5.56 Å². The van der Waals surface area contributed by atoms with Crippen molar-refractivity contribution in [2.75, 3.05) is 0 Å². The number of hydrogen-bond donors (Lipinski definition) is 1. The molecule has 19 heavy (non-hydrogen) atoms. The van der Waals surface area contributed by atoms with Crippen LogP contribution in [0.3, 0.4) is 0 Å². The molecule has 0 saturated carbocycles. The summed E-state index contributed by atoms with van der Waals surface area (Å²) in [7, 11) is 0. The number of aryl methyl sites for hydroxylation is 1. The number of hydrogen-bond acceptors (Lipinski definition) is 3. The van der Waals surface area contributed by atoms with Crippen molar-refractivity contribution in [3.8, 4) is 5.75 Å². The first-order chi connectivity index (χ1) is 8.97. The number of carbonyl (C=O) groups is 1. The Morgan fingerprint density at radius 2 is 2.11 bits per heavy atom. The van der Waals surface area contributed by atoms with Gasteiger partial charge in [-0.2, -0.15) is 0 Å². The molecule has 4 nitrogen and oxygen atoms in total. The average molecular weight is 268 g/mol. The van der Waals surface area contributed by atoms with Crippen molar-refractivity contribution < 1.29 is 27.8 Å². The third-order valence-electron chi connectivity index (χ3n) is 2.43. The lowest BCUT2D eigenvalue weighted by molar-refractivity contribution is 0.0657. The lowest BCUT2D eigenvalue weighted by Crippen LogP contribution is -1.97. The molecule has 0 bridgehead atoms. The van der Waals surface area contributed by atoms with Gasteiger partial charge in [0.05, 0.1) is 0 Å². The lowest BCUT2D eigenvalue weighted by Gasteiger charge is -2.05. The Kier molecular flexibility index (Phi) is 3.50. The van der Waals surface area contributed by atoms with Gasteiger partial charge in [0.15, 0.2) is 11.6 Å². The molecular formula is C13H10F2O4. The molecule has 100 valence electrons. The maximum absolute atomic E-state index is 13.3. The summed E-state index contributed by atoms with van der Waals surface area (Å²) in [5.74, 6) is -2.76. The predicted molar refractivity (Wildman–Crippen MR) is 61.1 cm³/mol. The zero-order valence-corrected chi connectivity index (χ0v) is 9.94. The van der Waals surface area contributed by atoms with Gasteiger partial charge in [0.2, 0.25) is 5.76 Å². The molecule has 0 radical (unpaired) electrons. The molecule has 0 aliphatic carbocycles. The van der Waals surface area contributed by atoms with Gasteiger partial charge in [-0.15, -0.1) is 0 Å². The van der Waals surface area contributed by atoms with Crippen LogP contribution in [0, 0.1) is 18.6 Å². The number of rotatable bonds is 4. The van der Waals surface area contributed by atoms with Crippen LogP contribution in [0.1, 0.15) is 21.9 Å². The number of ether oxygens (including phenoxy) is 1. The van der Waals surface area contributed by atoms with Crippen LogP contribution in [0.25, 0.3) is 0 Å². The highest BCUT2D eigenvalue weighted by Gasteiger charge is 2.15. The van der Waals surface area contributed by atoms with E-state index < -0.39 is 17.6 Å². The summed E-state index contributed by atoms with van der Waals surface area (Å²) in [4.78, 5) is 10.8. The summed E-state index contributed by atoms with van der Waals surface area (Å²) >= 11 is 0. The van der Waals surface area contributed by atoms with Gasteiger partial charge in [0.1, 0.15) is 18.2 Å². The van der Waals surface area contributed by atoms with E-state index in [1.54, 1.807) is 6.92 Å². The highest BCUT2D eigenvalue weighted by Crippen LogP contribution is 2.21. The molecule has 0 amide bonds. The van der Waals surface area contributed by atoms with Gasteiger partial charge < -0.3 is 14.3 Å². The fraction of sp³-hybridized carbons (Fsp3) is 0.154. The zero-order chi connectivity index (χ0) is 14.0. The third-order valence-corrected chi connectivity index (χ3v) is 2.43. The number of aromatic carboxylic acids is 1. The molecule has 1 aromatic carbocycles. The van der Waals surface area contributed by atoms with E-state index in [1.165, 1.54) is 6.07 Å². The van der Waals surface area contributed by atoms with Crippen LogP contribution in [0.5, 0.6) is 5.75 Å². The normalized spacial score (nSPS) is 10.5. The van der Waals surface area contributed by atoms with Gasteiger partial charge in [-0.3, -0.25) is 0 Å². The monoisotopic (exact) mass is 268 g/mol. The van der Waals surface area contributed by atoms with Gasteiger partial charge in [-0.1, -0.05) is 0 Å². The lowest BCUT2D eigenvalue weighted by atomic mass is 10.2. The second kappa shape index (κ2) is 5.09. The van der Waals surface area contributed by atoms with Crippen molar-refractivity contribution in [2.45, 2.75) is 13.5 Å². The Morgan fingerprint density at radius 1 is 1.37 bits per heavy atom. The summed E-state index contributed by atoms with van der Waals surface area (Å²) in [6.45, 7) is 1.38. The quantitative estimate of drug-likeness (QED) is 0.925. The molecule has 2 rings (SSSR count). The summed E-state index contributed by atoms with van der Waals surface area (Å²) in [5.41, 5.74) is 0.436. The van der Waals surface area contributed by atoms with Gasteiger partial charge in [0, 0.05) is 11.6 Å². The van der Waals surface area contributed by atoms with Crippen molar-refractivity contribution in [1.29, 1.82) is 0 Å². The first-order valence-electron chi connectivity index (χ1n) is 5.38. The van der Waals surface area contributed by atoms with E-state index in [9.17, 15) is 13.6 Å². The van der Waals surface area contributed by atoms with E-state index in [1.807, 2.05) is 0 Å². The Balaban J connectivity index is 2.12. The highest BCUT2D eigenvalue weighted by molar-refractivity contribution is 5.86. The molecule has 0 saturated heterocycles. The number of furan rings is 1. The van der Waals surface area contributed by atoms with Crippen LogP contribution in [0.4, 0.5) is 8.78 Å². The Hall–Kier alpha value is -2.37. The predicted octanol–water partition coefficient (Wildman–Crippen LogP) is 3.14. The van der Waals surface area contributed by atoms with Crippen LogP contribution in [0.2, 0.25) is 0 Å².